The topological polar surface area (TPSA) is 49.4 Å². The van der Waals surface area contributed by atoms with Crippen LogP contribution in [-0.4, -0.2) is 34.6 Å². The number of carbonyl (C=O) groups is 2. The summed E-state index contributed by atoms with van der Waals surface area (Å²) in [4.78, 5) is 27.3. The Balaban J connectivity index is 2.16. The summed E-state index contributed by atoms with van der Waals surface area (Å²) in [5.41, 5.74) is 1.12. The highest BCUT2D eigenvalue weighted by Crippen LogP contribution is 2.27. The standard InChI is InChI=1S/C23H27Cl2FN2O2S/c1-4-15(2)27-23(30)16(3)28(12-18-19(24)9-7-10-20(18)25)22(29)14-31-13-17-8-5-6-11-21(17)26/h5-11,15-16H,4,12-14H2,1-3H3,(H,27,30)/t15-,16-/m1/s1. The minimum atomic E-state index is -0.720. The Hall–Kier alpha value is -1.76. The molecule has 0 aliphatic rings. The Kier molecular flexibility index (Phi) is 10.1. The molecule has 0 saturated carbocycles. The van der Waals surface area contributed by atoms with Crippen molar-refractivity contribution in [2.75, 3.05) is 5.75 Å². The Labute approximate surface area is 197 Å². The molecular formula is C23H27Cl2FN2O2S. The van der Waals surface area contributed by atoms with E-state index in [0.29, 0.717) is 26.9 Å². The highest BCUT2D eigenvalue weighted by Gasteiger charge is 2.28. The minimum Gasteiger partial charge on any atom is -0.352 e. The van der Waals surface area contributed by atoms with Gasteiger partial charge in [-0.3, -0.25) is 9.59 Å². The zero-order valence-corrected chi connectivity index (χ0v) is 20.2. The number of nitrogens with zero attached hydrogens (tertiary/aromatic N) is 1. The number of benzene rings is 2. The second-order valence-electron chi connectivity index (χ2n) is 7.30. The largest absolute Gasteiger partial charge is 0.352 e. The normalized spacial score (nSPS) is 12.8. The predicted octanol–water partition coefficient (Wildman–Crippen LogP) is 5.70. The van der Waals surface area contributed by atoms with Crippen LogP contribution in [0.3, 0.4) is 0 Å². The zero-order chi connectivity index (χ0) is 23.0. The first-order valence-corrected chi connectivity index (χ1v) is 12.0. The van der Waals surface area contributed by atoms with E-state index in [0.717, 1.165) is 6.42 Å². The third-order valence-corrected chi connectivity index (χ3v) is 6.67. The summed E-state index contributed by atoms with van der Waals surface area (Å²) in [6, 6.07) is 10.9. The molecule has 2 amide bonds. The Morgan fingerprint density at radius 2 is 1.74 bits per heavy atom. The first-order chi connectivity index (χ1) is 14.7. The lowest BCUT2D eigenvalue weighted by Gasteiger charge is -2.30. The number of halogens is 3. The summed E-state index contributed by atoms with van der Waals surface area (Å²) in [6.07, 6.45) is 0.779. The molecule has 0 aliphatic carbocycles. The maximum Gasteiger partial charge on any atom is 0.242 e. The lowest BCUT2D eigenvalue weighted by Crippen LogP contribution is -2.50. The third-order valence-electron chi connectivity index (χ3n) is 5.00. The quantitative estimate of drug-likeness (QED) is 0.470. The molecule has 0 fully saturated rings. The molecule has 168 valence electrons. The van der Waals surface area contributed by atoms with Crippen LogP contribution in [-0.2, 0) is 21.9 Å². The number of carbonyl (C=O) groups excluding carboxylic acids is 2. The van der Waals surface area contributed by atoms with Crippen LogP contribution in [0.1, 0.15) is 38.3 Å². The molecule has 31 heavy (non-hydrogen) atoms. The number of hydrogen-bond donors (Lipinski definition) is 1. The van der Waals surface area contributed by atoms with E-state index in [9.17, 15) is 14.0 Å². The van der Waals surface area contributed by atoms with E-state index in [1.165, 1.54) is 22.7 Å². The van der Waals surface area contributed by atoms with Gasteiger partial charge in [0.1, 0.15) is 11.9 Å². The summed E-state index contributed by atoms with van der Waals surface area (Å²) in [6.45, 7) is 5.67. The first-order valence-electron chi connectivity index (χ1n) is 10.1. The van der Waals surface area contributed by atoms with Crippen LogP contribution in [0.2, 0.25) is 10.0 Å². The zero-order valence-electron chi connectivity index (χ0n) is 17.8. The molecule has 0 heterocycles. The molecule has 0 unspecified atom stereocenters. The van der Waals surface area contributed by atoms with Gasteiger partial charge in [-0.25, -0.2) is 4.39 Å². The van der Waals surface area contributed by atoms with Crippen LogP contribution < -0.4 is 5.32 Å². The molecule has 2 aromatic rings. The third kappa shape index (κ3) is 7.41. The van der Waals surface area contributed by atoms with E-state index in [1.54, 1.807) is 43.3 Å². The predicted molar refractivity (Wildman–Crippen MR) is 127 cm³/mol. The molecule has 8 heteroatoms. The van der Waals surface area contributed by atoms with Crippen molar-refractivity contribution in [3.63, 3.8) is 0 Å². The van der Waals surface area contributed by atoms with E-state index >= 15 is 0 Å². The number of hydrogen-bond acceptors (Lipinski definition) is 3. The highest BCUT2D eigenvalue weighted by atomic mass is 35.5. The van der Waals surface area contributed by atoms with Crippen LogP contribution in [0.15, 0.2) is 42.5 Å². The SMILES string of the molecule is CC[C@@H](C)NC(=O)[C@@H](C)N(Cc1c(Cl)cccc1Cl)C(=O)CSCc1ccccc1F. The molecule has 0 spiro atoms. The smallest absolute Gasteiger partial charge is 0.242 e. The van der Waals surface area contributed by atoms with Gasteiger partial charge in [0.2, 0.25) is 11.8 Å². The molecule has 0 bridgehead atoms. The molecule has 4 nitrogen and oxygen atoms in total. The van der Waals surface area contributed by atoms with Gasteiger partial charge in [-0.1, -0.05) is 54.4 Å². The Morgan fingerprint density at radius 3 is 2.35 bits per heavy atom. The molecule has 0 aliphatic heterocycles. The maximum absolute atomic E-state index is 13.8. The van der Waals surface area contributed by atoms with Crippen molar-refractivity contribution < 1.29 is 14.0 Å². The first kappa shape index (κ1) is 25.5. The second kappa shape index (κ2) is 12.3. The van der Waals surface area contributed by atoms with Crippen molar-refractivity contribution in [3.8, 4) is 0 Å². The average molecular weight is 485 g/mol. The van der Waals surface area contributed by atoms with Gasteiger partial charge in [-0.15, -0.1) is 11.8 Å². The van der Waals surface area contributed by atoms with Gasteiger partial charge in [-0.2, -0.15) is 0 Å². The average Bonchev–Trinajstić information content (AvgIpc) is 2.74. The van der Waals surface area contributed by atoms with Crippen LogP contribution >= 0.6 is 35.0 Å². The summed E-state index contributed by atoms with van der Waals surface area (Å²) < 4.78 is 13.8. The fourth-order valence-electron chi connectivity index (χ4n) is 2.85. The lowest BCUT2D eigenvalue weighted by atomic mass is 10.1. The fourth-order valence-corrected chi connectivity index (χ4v) is 4.26. The number of amides is 2. The van der Waals surface area contributed by atoms with E-state index in [2.05, 4.69) is 5.32 Å². The van der Waals surface area contributed by atoms with Crippen molar-refractivity contribution in [3.05, 3.63) is 69.5 Å². The van der Waals surface area contributed by atoms with E-state index in [1.807, 2.05) is 13.8 Å². The van der Waals surface area contributed by atoms with Crippen LogP contribution in [0.4, 0.5) is 4.39 Å². The summed E-state index contributed by atoms with van der Waals surface area (Å²) in [5, 5.41) is 3.77. The molecule has 2 rings (SSSR count). The summed E-state index contributed by atoms with van der Waals surface area (Å²) >= 11 is 13.9. The van der Waals surface area contributed by atoms with E-state index in [-0.39, 0.29) is 36.0 Å². The van der Waals surface area contributed by atoms with Crippen LogP contribution in [0, 0.1) is 5.82 Å². The molecule has 2 aromatic carbocycles. The van der Waals surface area contributed by atoms with Gasteiger partial charge in [-0.05, 0) is 44.0 Å². The number of nitrogens with one attached hydrogen (secondary N) is 1. The van der Waals surface area contributed by atoms with Gasteiger partial charge in [0.25, 0.3) is 0 Å². The van der Waals surface area contributed by atoms with E-state index < -0.39 is 6.04 Å². The highest BCUT2D eigenvalue weighted by molar-refractivity contribution is 7.99. The second-order valence-corrected chi connectivity index (χ2v) is 9.10. The number of thioether (sulfide) groups is 1. The molecule has 0 aromatic heterocycles. The maximum atomic E-state index is 13.8. The van der Waals surface area contributed by atoms with Crippen molar-refractivity contribution >= 4 is 46.8 Å². The van der Waals surface area contributed by atoms with Crippen LogP contribution in [0.5, 0.6) is 0 Å². The molecule has 0 saturated heterocycles. The molecular weight excluding hydrogens is 458 g/mol. The fraction of sp³-hybridized carbons (Fsp3) is 0.391. The summed E-state index contributed by atoms with van der Waals surface area (Å²) in [7, 11) is 0. The van der Waals surface area contributed by atoms with E-state index in [4.69, 9.17) is 23.2 Å². The molecule has 1 N–H and O–H groups in total. The van der Waals surface area contributed by atoms with Crippen molar-refractivity contribution in [2.45, 2.75) is 51.6 Å². The van der Waals surface area contributed by atoms with Gasteiger partial charge in [0.05, 0.1) is 5.75 Å². The lowest BCUT2D eigenvalue weighted by molar-refractivity contribution is -0.138. The van der Waals surface area contributed by atoms with Crippen molar-refractivity contribution in [1.29, 1.82) is 0 Å². The number of rotatable bonds is 10. The van der Waals surface area contributed by atoms with Crippen molar-refractivity contribution in [2.24, 2.45) is 0 Å². The molecule has 0 radical (unpaired) electrons. The van der Waals surface area contributed by atoms with Crippen LogP contribution in [0.25, 0.3) is 0 Å². The van der Waals surface area contributed by atoms with Gasteiger partial charge in [0.15, 0.2) is 0 Å². The minimum absolute atomic E-state index is 0.00812. The van der Waals surface area contributed by atoms with Gasteiger partial charge in [0, 0.05) is 33.9 Å². The monoisotopic (exact) mass is 484 g/mol. The Bertz CT molecular complexity index is 893. The molecule has 2 atom stereocenters. The van der Waals surface area contributed by atoms with Crippen molar-refractivity contribution in [1.82, 2.24) is 10.2 Å². The van der Waals surface area contributed by atoms with Gasteiger partial charge >= 0.3 is 0 Å². The summed E-state index contributed by atoms with van der Waals surface area (Å²) in [5.74, 6) is -0.346. The Morgan fingerprint density at radius 1 is 1.10 bits per heavy atom. The van der Waals surface area contributed by atoms with Gasteiger partial charge < -0.3 is 10.2 Å².